The predicted molar refractivity (Wildman–Crippen MR) is 119 cm³/mol. The van der Waals surface area contributed by atoms with Crippen molar-refractivity contribution in [2.24, 2.45) is 5.92 Å². The normalized spacial score (nSPS) is 24.8. The summed E-state index contributed by atoms with van der Waals surface area (Å²) in [6.45, 7) is 8.13. The number of hydrogen-bond acceptors (Lipinski definition) is 3. The molecular formula is C25H37N3O2. The van der Waals surface area contributed by atoms with Crippen LogP contribution in [0.3, 0.4) is 0 Å². The third-order valence-corrected chi connectivity index (χ3v) is 7.56. The average Bonchev–Trinajstić information content (AvgIpc) is 3.29. The molecule has 164 valence electrons. The summed E-state index contributed by atoms with van der Waals surface area (Å²) in [6, 6.07) is 8.20. The highest BCUT2D eigenvalue weighted by atomic mass is 16.2. The number of piperidine rings is 1. The highest BCUT2D eigenvalue weighted by Gasteiger charge is 2.40. The number of aryl methyl sites for hydroxylation is 1. The van der Waals surface area contributed by atoms with Gasteiger partial charge in [0.2, 0.25) is 5.91 Å². The van der Waals surface area contributed by atoms with Crippen LogP contribution in [-0.2, 0) is 4.79 Å². The summed E-state index contributed by atoms with van der Waals surface area (Å²) in [5.41, 5.74) is 1.83. The maximum Gasteiger partial charge on any atom is 0.254 e. The van der Waals surface area contributed by atoms with E-state index in [1.54, 1.807) is 0 Å². The van der Waals surface area contributed by atoms with Gasteiger partial charge in [0.25, 0.3) is 5.91 Å². The van der Waals surface area contributed by atoms with Crippen molar-refractivity contribution in [1.29, 1.82) is 0 Å². The van der Waals surface area contributed by atoms with Crippen LogP contribution in [0.2, 0.25) is 0 Å². The molecule has 1 saturated carbocycles. The fourth-order valence-corrected chi connectivity index (χ4v) is 5.71. The van der Waals surface area contributed by atoms with Crippen molar-refractivity contribution in [1.82, 2.24) is 14.7 Å². The number of amides is 2. The van der Waals surface area contributed by atoms with Crippen LogP contribution < -0.4 is 0 Å². The summed E-state index contributed by atoms with van der Waals surface area (Å²) in [5, 5.41) is 0. The maximum absolute atomic E-state index is 13.7. The highest BCUT2D eigenvalue weighted by Crippen LogP contribution is 2.33. The molecule has 0 bridgehead atoms. The number of likely N-dealkylation sites (tertiary alicyclic amines) is 1. The summed E-state index contributed by atoms with van der Waals surface area (Å²) in [4.78, 5) is 33.2. The van der Waals surface area contributed by atoms with Gasteiger partial charge in [-0.1, -0.05) is 31.0 Å². The Kier molecular flexibility index (Phi) is 6.77. The lowest BCUT2D eigenvalue weighted by Gasteiger charge is -2.44. The predicted octanol–water partition coefficient (Wildman–Crippen LogP) is 3.71. The molecule has 2 unspecified atom stereocenters. The van der Waals surface area contributed by atoms with Gasteiger partial charge in [-0.25, -0.2) is 0 Å². The van der Waals surface area contributed by atoms with Crippen molar-refractivity contribution in [3.63, 3.8) is 0 Å². The molecule has 0 spiro atoms. The molecule has 1 aromatic carbocycles. The zero-order valence-corrected chi connectivity index (χ0v) is 18.7. The van der Waals surface area contributed by atoms with Crippen LogP contribution in [0.4, 0.5) is 0 Å². The van der Waals surface area contributed by atoms with Crippen molar-refractivity contribution < 1.29 is 9.59 Å². The number of hydrogen-bond donors (Lipinski definition) is 0. The number of benzene rings is 1. The third kappa shape index (κ3) is 4.41. The van der Waals surface area contributed by atoms with Crippen LogP contribution in [0.25, 0.3) is 0 Å². The zero-order chi connectivity index (χ0) is 21.1. The molecule has 2 aliphatic heterocycles. The first kappa shape index (κ1) is 21.4. The first-order chi connectivity index (χ1) is 14.6. The largest absolute Gasteiger partial charge is 0.339 e. The van der Waals surface area contributed by atoms with Gasteiger partial charge in [-0.15, -0.1) is 0 Å². The minimum absolute atomic E-state index is 0.00348. The molecule has 2 heterocycles. The van der Waals surface area contributed by atoms with Gasteiger partial charge in [0.05, 0.1) is 6.04 Å². The molecule has 0 N–H and O–H groups in total. The lowest BCUT2D eigenvalue weighted by molar-refractivity contribution is -0.143. The Labute approximate surface area is 181 Å². The van der Waals surface area contributed by atoms with Crippen LogP contribution in [0.5, 0.6) is 0 Å². The molecule has 2 atom stereocenters. The summed E-state index contributed by atoms with van der Waals surface area (Å²) < 4.78 is 0. The van der Waals surface area contributed by atoms with Crippen molar-refractivity contribution in [3.8, 4) is 0 Å². The number of carbonyl (C=O) groups excluding carboxylic acids is 2. The van der Waals surface area contributed by atoms with E-state index in [0.717, 1.165) is 43.6 Å². The van der Waals surface area contributed by atoms with Gasteiger partial charge in [-0.2, -0.15) is 0 Å². The summed E-state index contributed by atoms with van der Waals surface area (Å²) >= 11 is 0. The lowest BCUT2D eigenvalue weighted by atomic mass is 9.92. The van der Waals surface area contributed by atoms with Gasteiger partial charge >= 0.3 is 0 Å². The van der Waals surface area contributed by atoms with E-state index in [1.165, 1.54) is 32.1 Å². The van der Waals surface area contributed by atoms with E-state index in [2.05, 4.69) is 16.7 Å². The second-order valence-electron chi connectivity index (χ2n) is 9.51. The topological polar surface area (TPSA) is 43.9 Å². The van der Waals surface area contributed by atoms with Gasteiger partial charge in [0.15, 0.2) is 0 Å². The molecule has 3 aliphatic rings. The highest BCUT2D eigenvalue weighted by molar-refractivity contribution is 5.95. The van der Waals surface area contributed by atoms with Crippen LogP contribution in [-0.4, -0.2) is 71.3 Å². The molecule has 2 amide bonds. The first-order valence-electron chi connectivity index (χ1n) is 12.0. The van der Waals surface area contributed by atoms with Crippen LogP contribution in [0, 0.1) is 12.8 Å². The van der Waals surface area contributed by atoms with Gasteiger partial charge < -0.3 is 9.80 Å². The van der Waals surface area contributed by atoms with Gasteiger partial charge in [0.1, 0.15) is 0 Å². The van der Waals surface area contributed by atoms with Crippen LogP contribution in [0.15, 0.2) is 24.3 Å². The summed E-state index contributed by atoms with van der Waals surface area (Å²) in [5.74, 6) is 0.958. The first-order valence-corrected chi connectivity index (χ1v) is 12.0. The van der Waals surface area contributed by atoms with Gasteiger partial charge in [0, 0.05) is 44.3 Å². The van der Waals surface area contributed by atoms with Crippen molar-refractivity contribution in [2.45, 2.75) is 70.9 Å². The van der Waals surface area contributed by atoms with Crippen molar-refractivity contribution in [3.05, 3.63) is 35.4 Å². The molecule has 1 aromatic rings. The number of piperazine rings is 1. The molecule has 2 saturated heterocycles. The minimum atomic E-state index is 0.00348. The molecule has 5 heteroatoms. The Morgan fingerprint density at radius 2 is 1.57 bits per heavy atom. The Morgan fingerprint density at radius 3 is 2.23 bits per heavy atom. The molecule has 5 nitrogen and oxygen atoms in total. The van der Waals surface area contributed by atoms with Crippen molar-refractivity contribution in [2.75, 3.05) is 32.7 Å². The molecular weight excluding hydrogens is 374 g/mol. The number of carbonyl (C=O) groups is 2. The van der Waals surface area contributed by atoms with Gasteiger partial charge in [-0.05, 0) is 63.5 Å². The van der Waals surface area contributed by atoms with Crippen molar-refractivity contribution >= 4 is 11.8 Å². The van der Waals surface area contributed by atoms with E-state index in [0.29, 0.717) is 31.0 Å². The van der Waals surface area contributed by atoms with E-state index < -0.39 is 0 Å². The third-order valence-electron chi connectivity index (χ3n) is 7.56. The maximum atomic E-state index is 13.7. The fraction of sp³-hybridized carbons (Fsp3) is 0.680. The minimum Gasteiger partial charge on any atom is -0.339 e. The Balaban J connectivity index is 1.45. The average molecular weight is 412 g/mol. The monoisotopic (exact) mass is 411 g/mol. The van der Waals surface area contributed by atoms with Crippen LogP contribution in [0.1, 0.15) is 67.8 Å². The number of nitrogens with zero attached hydrogens (tertiary/aromatic N) is 3. The Morgan fingerprint density at radius 1 is 0.900 bits per heavy atom. The zero-order valence-electron chi connectivity index (χ0n) is 18.7. The van der Waals surface area contributed by atoms with Gasteiger partial charge in [-0.3, -0.25) is 14.5 Å². The van der Waals surface area contributed by atoms with E-state index >= 15 is 0 Å². The molecule has 4 rings (SSSR count). The molecule has 0 aromatic heterocycles. The smallest absolute Gasteiger partial charge is 0.254 e. The number of rotatable bonds is 4. The van der Waals surface area contributed by atoms with E-state index in [9.17, 15) is 9.59 Å². The summed E-state index contributed by atoms with van der Waals surface area (Å²) in [7, 11) is 0. The lowest BCUT2D eigenvalue weighted by Crippen LogP contribution is -2.60. The standard InChI is InChI=1S/C25H37N3O2/c1-19-9-3-6-13-22(19)24(29)27-17-15-26(16-18-27)23(21-11-4-5-12-21)25(30)28-14-8-7-10-20(28)2/h3,6,9,13,20-21,23H,4-5,7-8,10-12,14-18H2,1-2H3. The second kappa shape index (κ2) is 9.51. The molecule has 1 aliphatic carbocycles. The Hall–Kier alpha value is -1.88. The quantitative estimate of drug-likeness (QED) is 0.759. The Bertz CT molecular complexity index is 751. The second-order valence-corrected chi connectivity index (χ2v) is 9.51. The fourth-order valence-electron chi connectivity index (χ4n) is 5.71. The van der Waals surface area contributed by atoms with Crippen LogP contribution >= 0.6 is 0 Å². The summed E-state index contributed by atoms with van der Waals surface area (Å²) in [6.07, 6.45) is 8.32. The van der Waals surface area contributed by atoms with E-state index in [1.807, 2.05) is 36.1 Å². The molecule has 3 fully saturated rings. The molecule has 0 radical (unpaired) electrons. The molecule has 30 heavy (non-hydrogen) atoms. The van der Waals surface area contributed by atoms with E-state index in [-0.39, 0.29) is 11.9 Å². The van der Waals surface area contributed by atoms with E-state index in [4.69, 9.17) is 0 Å². The SMILES string of the molecule is Cc1ccccc1C(=O)N1CCN(C(C(=O)N2CCCCC2C)C2CCCC2)CC1.